The molecule has 2 aromatic rings. The highest BCUT2D eigenvalue weighted by atomic mass is 32.1. The zero-order chi connectivity index (χ0) is 14.6. The summed E-state index contributed by atoms with van der Waals surface area (Å²) >= 11 is 1.58. The molecule has 0 saturated heterocycles. The summed E-state index contributed by atoms with van der Waals surface area (Å²) in [7, 11) is 0. The number of aliphatic hydroxyl groups is 1. The summed E-state index contributed by atoms with van der Waals surface area (Å²) < 4.78 is 0. The van der Waals surface area contributed by atoms with Gasteiger partial charge in [-0.15, -0.1) is 11.3 Å². The first-order valence-electron chi connectivity index (χ1n) is 6.90. The van der Waals surface area contributed by atoms with Crippen LogP contribution in [-0.4, -0.2) is 16.6 Å². The molecule has 0 aliphatic heterocycles. The molecule has 0 saturated carbocycles. The number of hydrogen-bond acceptors (Lipinski definition) is 4. The van der Waals surface area contributed by atoms with Crippen LogP contribution in [0.2, 0.25) is 0 Å². The summed E-state index contributed by atoms with van der Waals surface area (Å²) in [4.78, 5) is 5.17. The molecule has 0 aliphatic rings. The molecule has 0 aliphatic carbocycles. The third kappa shape index (κ3) is 3.66. The van der Waals surface area contributed by atoms with E-state index in [9.17, 15) is 5.11 Å². The van der Waals surface area contributed by atoms with Crippen molar-refractivity contribution in [3.63, 3.8) is 0 Å². The highest BCUT2D eigenvalue weighted by molar-refractivity contribution is 7.10. The molecular formula is C16H22N2OS. The zero-order valence-corrected chi connectivity index (χ0v) is 13.0. The number of rotatable bonds is 6. The highest BCUT2D eigenvalue weighted by Crippen LogP contribution is 2.27. The molecule has 2 rings (SSSR count). The van der Waals surface area contributed by atoms with Crippen LogP contribution < -0.4 is 5.32 Å². The lowest BCUT2D eigenvalue weighted by Gasteiger charge is -2.28. The second kappa shape index (κ2) is 6.48. The van der Waals surface area contributed by atoms with Crippen LogP contribution in [0.5, 0.6) is 0 Å². The van der Waals surface area contributed by atoms with Crippen LogP contribution >= 0.6 is 11.3 Å². The van der Waals surface area contributed by atoms with Gasteiger partial charge in [0.05, 0.1) is 0 Å². The van der Waals surface area contributed by atoms with Crippen LogP contribution in [0.4, 0.5) is 0 Å². The Hall–Kier alpha value is -1.23. The van der Waals surface area contributed by atoms with E-state index in [-0.39, 0.29) is 6.04 Å². The lowest BCUT2D eigenvalue weighted by molar-refractivity contribution is 0.0555. The minimum Gasteiger partial charge on any atom is -0.383 e. The van der Waals surface area contributed by atoms with Crippen molar-refractivity contribution >= 4 is 11.3 Å². The topological polar surface area (TPSA) is 45.1 Å². The molecular weight excluding hydrogens is 268 g/mol. The number of hydrogen-bond donors (Lipinski definition) is 2. The van der Waals surface area contributed by atoms with Gasteiger partial charge in [-0.3, -0.25) is 4.98 Å². The Bertz CT molecular complexity index is 509. The van der Waals surface area contributed by atoms with E-state index in [0.717, 1.165) is 10.4 Å². The van der Waals surface area contributed by atoms with Gasteiger partial charge in [-0.05, 0) is 35.9 Å². The van der Waals surface area contributed by atoms with E-state index in [1.54, 1.807) is 17.5 Å². The minimum atomic E-state index is -0.844. The summed E-state index contributed by atoms with van der Waals surface area (Å²) in [5, 5.41) is 16.1. The van der Waals surface area contributed by atoms with Gasteiger partial charge in [0.1, 0.15) is 5.60 Å². The molecule has 108 valence electrons. The zero-order valence-electron chi connectivity index (χ0n) is 12.2. The molecule has 2 atom stereocenters. The third-order valence-electron chi connectivity index (χ3n) is 3.43. The molecule has 0 fully saturated rings. The Morgan fingerprint density at radius 3 is 2.70 bits per heavy atom. The first-order valence-corrected chi connectivity index (χ1v) is 7.78. The standard InChI is InChI=1S/C16H22N2OS/c1-12(2)15(13-6-4-8-17-10-13)18-11-16(3,19)14-7-5-9-20-14/h4-10,12,15,18-19H,11H2,1-3H3. The first kappa shape index (κ1) is 15.2. The molecule has 0 bridgehead atoms. The van der Waals surface area contributed by atoms with Gasteiger partial charge >= 0.3 is 0 Å². The lowest BCUT2D eigenvalue weighted by Crippen LogP contribution is -2.38. The number of pyridine rings is 1. The van der Waals surface area contributed by atoms with Gasteiger partial charge in [-0.25, -0.2) is 0 Å². The molecule has 4 heteroatoms. The van der Waals surface area contributed by atoms with Crippen molar-refractivity contribution < 1.29 is 5.11 Å². The minimum absolute atomic E-state index is 0.190. The molecule has 0 radical (unpaired) electrons. The van der Waals surface area contributed by atoms with Crippen molar-refractivity contribution in [2.24, 2.45) is 5.92 Å². The van der Waals surface area contributed by atoms with E-state index < -0.39 is 5.60 Å². The Kier molecular flexibility index (Phi) is 4.91. The Morgan fingerprint density at radius 1 is 1.35 bits per heavy atom. The molecule has 2 aromatic heterocycles. The first-order chi connectivity index (χ1) is 9.50. The van der Waals surface area contributed by atoms with Gasteiger partial charge in [-0.1, -0.05) is 26.0 Å². The van der Waals surface area contributed by atoms with Gasteiger partial charge in [-0.2, -0.15) is 0 Å². The molecule has 3 nitrogen and oxygen atoms in total. The summed E-state index contributed by atoms with van der Waals surface area (Å²) in [6, 6.07) is 8.15. The van der Waals surface area contributed by atoms with Crippen molar-refractivity contribution in [2.75, 3.05) is 6.54 Å². The molecule has 0 spiro atoms. The van der Waals surface area contributed by atoms with E-state index >= 15 is 0 Å². The van der Waals surface area contributed by atoms with Crippen molar-refractivity contribution in [3.05, 3.63) is 52.5 Å². The number of nitrogens with one attached hydrogen (secondary N) is 1. The summed E-state index contributed by atoms with van der Waals surface area (Å²) in [5.74, 6) is 0.429. The molecule has 0 aromatic carbocycles. The number of aromatic nitrogens is 1. The highest BCUT2D eigenvalue weighted by Gasteiger charge is 2.26. The molecule has 20 heavy (non-hydrogen) atoms. The Labute approximate surface area is 124 Å². The van der Waals surface area contributed by atoms with E-state index in [0.29, 0.717) is 12.5 Å². The summed E-state index contributed by atoms with van der Waals surface area (Å²) in [5.41, 5.74) is 0.313. The fraction of sp³-hybridized carbons (Fsp3) is 0.438. The van der Waals surface area contributed by atoms with E-state index in [2.05, 4.69) is 30.2 Å². The third-order valence-corrected chi connectivity index (χ3v) is 4.55. The van der Waals surface area contributed by atoms with E-state index in [4.69, 9.17) is 0 Å². The fourth-order valence-corrected chi connectivity index (χ4v) is 3.07. The second-order valence-corrected chi connectivity index (χ2v) is 6.59. The summed E-state index contributed by atoms with van der Waals surface area (Å²) in [6.45, 7) is 6.72. The molecule has 2 heterocycles. The maximum atomic E-state index is 10.6. The number of thiophene rings is 1. The number of nitrogens with zero attached hydrogens (tertiary/aromatic N) is 1. The predicted molar refractivity (Wildman–Crippen MR) is 83.7 cm³/mol. The van der Waals surface area contributed by atoms with Crippen LogP contribution in [0.3, 0.4) is 0 Å². The summed E-state index contributed by atoms with van der Waals surface area (Å²) in [6.07, 6.45) is 3.67. The monoisotopic (exact) mass is 290 g/mol. The van der Waals surface area contributed by atoms with Crippen LogP contribution in [0, 0.1) is 5.92 Å². The van der Waals surface area contributed by atoms with Crippen molar-refractivity contribution in [1.29, 1.82) is 0 Å². The second-order valence-electron chi connectivity index (χ2n) is 5.64. The fourth-order valence-electron chi connectivity index (χ4n) is 2.28. The normalized spacial score (nSPS) is 16.1. The van der Waals surface area contributed by atoms with Crippen LogP contribution in [0.1, 0.15) is 37.3 Å². The average Bonchev–Trinajstić information content (AvgIpc) is 2.94. The quantitative estimate of drug-likeness (QED) is 0.857. The van der Waals surface area contributed by atoms with E-state index in [1.165, 1.54) is 0 Å². The lowest BCUT2D eigenvalue weighted by atomic mass is 9.96. The molecule has 2 N–H and O–H groups in total. The van der Waals surface area contributed by atoms with Crippen molar-refractivity contribution in [1.82, 2.24) is 10.3 Å². The largest absolute Gasteiger partial charge is 0.383 e. The maximum absolute atomic E-state index is 10.6. The Balaban J connectivity index is 2.07. The van der Waals surface area contributed by atoms with Gasteiger partial charge in [0, 0.05) is 29.9 Å². The smallest absolute Gasteiger partial charge is 0.108 e. The van der Waals surface area contributed by atoms with Crippen molar-refractivity contribution in [2.45, 2.75) is 32.4 Å². The maximum Gasteiger partial charge on any atom is 0.108 e. The molecule has 0 amide bonds. The predicted octanol–water partition coefficient (Wildman–Crippen LogP) is 3.34. The SMILES string of the molecule is CC(C)C(NCC(C)(O)c1cccs1)c1cccnc1. The van der Waals surface area contributed by atoms with E-state index in [1.807, 2.05) is 36.7 Å². The van der Waals surface area contributed by atoms with Crippen LogP contribution in [-0.2, 0) is 5.60 Å². The molecule has 2 unspecified atom stereocenters. The van der Waals surface area contributed by atoms with Crippen LogP contribution in [0.15, 0.2) is 42.0 Å². The van der Waals surface area contributed by atoms with Gasteiger partial charge < -0.3 is 10.4 Å². The van der Waals surface area contributed by atoms with Gasteiger partial charge in [0.2, 0.25) is 0 Å². The average molecular weight is 290 g/mol. The van der Waals surface area contributed by atoms with Gasteiger partial charge in [0.15, 0.2) is 0 Å². The van der Waals surface area contributed by atoms with Crippen LogP contribution in [0.25, 0.3) is 0 Å². The Morgan fingerprint density at radius 2 is 2.15 bits per heavy atom. The van der Waals surface area contributed by atoms with Crippen molar-refractivity contribution in [3.8, 4) is 0 Å². The van der Waals surface area contributed by atoms with Gasteiger partial charge in [0.25, 0.3) is 0 Å².